The Morgan fingerprint density at radius 1 is 1.50 bits per heavy atom. The van der Waals surface area contributed by atoms with Crippen LogP contribution < -0.4 is 5.73 Å². The molecule has 7 heteroatoms. The fourth-order valence-electron chi connectivity index (χ4n) is 0.259. The summed E-state index contributed by atoms with van der Waals surface area (Å²) in [6.45, 7) is 0. The molecule has 0 saturated carbocycles. The molecule has 0 rings (SSSR count). The van der Waals surface area contributed by atoms with Gasteiger partial charge in [0, 0.05) is 0 Å². The summed E-state index contributed by atoms with van der Waals surface area (Å²) in [5, 5.41) is 16.5. The van der Waals surface area contributed by atoms with Crippen LogP contribution in [0.5, 0.6) is 0 Å². The van der Waals surface area contributed by atoms with Crippen LogP contribution in [-0.2, 0) is 13.9 Å². The zero-order valence-electron chi connectivity index (χ0n) is 4.80. The average molecular weight is 167 g/mol. The van der Waals surface area contributed by atoms with Crippen LogP contribution in [0.4, 0.5) is 0 Å². The van der Waals surface area contributed by atoms with E-state index in [1.165, 1.54) is 0 Å². The molecule has 0 heterocycles. The lowest BCUT2D eigenvalue weighted by atomic mass is 10.3. The smallest absolute Gasteiger partial charge is 0.347 e. The van der Waals surface area contributed by atoms with Gasteiger partial charge in [-0.1, -0.05) is 0 Å². The second kappa shape index (κ2) is 3.46. The number of carbonyl (C=O) groups is 1. The molecule has 0 aromatic heterocycles. The van der Waals surface area contributed by atoms with Crippen molar-refractivity contribution in [2.75, 3.05) is 0 Å². The lowest BCUT2D eigenvalue weighted by molar-refractivity contribution is -0.140. The average Bonchev–Trinajstić information content (AvgIpc) is 1.84. The summed E-state index contributed by atoms with van der Waals surface area (Å²) < 4.78 is 19.8. The number of nitrogens with two attached hydrogens (primary N) is 1. The molecule has 0 bridgehead atoms. The van der Waals surface area contributed by atoms with Crippen LogP contribution in [0.2, 0.25) is 0 Å². The van der Waals surface area contributed by atoms with Crippen molar-refractivity contribution in [3.63, 3.8) is 0 Å². The zero-order chi connectivity index (χ0) is 8.31. The predicted molar refractivity (Wildman–Crippen MR) is 29.9 cm³/mol. The fourth-order valence-corrected chi connectivity index (χ4v) is 0.648. The molecule has 0 amide bonds. The lowest BCUT2D eigenvalue weighted by Gasteiger charge is -2.04. The van der Waals surface area contributed by atoms with Crippen LogP contribution in [0.1, 0.15) is 0 Å². The minimum atomic E-state index is -3.18. The van der Waals surface area contributed by atoms with Crippen LogP contribution in [-0.4, -0.2) is 28.1 Å². The molecular weight excluding hydrogens is 161 g/mol. The molecule has 0 aromatic carbocycles. The van der Waals surface area contributed by atoms with Crippen molar-refractivity contribution in [2.45, 2.75) is 11.9 Å². The Morgan fingerprint density at radius 2 is 1.90 bits per heavy atom. The van der Waals surface area contributed by atoms with Crippen molar-refractivity contribution in [2.24, 2.45) is 5.73 Å². The molecule has 0 spiro atoms. The number of aliphatic carboxylic acids is 1. The molecule has 58 valence electrons. The first-order valence-corrected chi connectivity index (χ1v) is 3.51. The summed E-state index contributed by atoms with van der Waals surface area (Å²) in [6.07, 6.45) is 0. The van der Waals surface area contributed by atoms with Gasteiger partial charge in [0.25, 0.3) is 0 Å². The van der Waals surface area contributed by atoms with Crippen LogP contribution in [0.25, 0.3) is 0 Å². The van der Waals surface area contributed by atoms with Gasteiger partial charge in [-0.15, -0.1) is 0 Å². The van der Waals surface area contributed by atoms with Gasteiger partial charge in [0.05, 0.1) is 0 Å². The second-order valence-electron chi connectivity index (χ2n) is 1.56. The molecule has 0 aliphatic heterocycles. The van der Waals surface area contributed by atoms with E-state index in [4.69, 9.17) is 15.9 Å². The number of aliphatic hydroxyl groups excluding tert-OH is 1. The monoisotopic (exact) mass is 167 g/mol. The second-order valence-corrected chi connectivity index (χ2v) is 2.66. The van der Waals surface area contributed by atoms with Crippen molar-refractivity contribution in [3.05, 3.63) is 0 Å². The molecule has 0 aromatic rings. The highest BCUT2D eigenvalue weighted by Crippen LogP contribution is 2.13. The number of aliphatic hydroxyl groups is 1. The van der Waals surface area contributed by atoms with E-state index in [2.05, 4.69) is 0 Å². The van der Waals surface area contributed by atoms with Gasteiger partial charge in [0.15, 0.2) is 5.85 Å². The SMILES string of the molecule is N[C@H](C(=O)O)C(O)P(=O)=O. The summed E-state index contributed by atoms with van der Waals surface area (Å²) in [4.78, 5) is 9.89. The number of rotatable bonds is 3. The Bertz CT molecular complexity index is 191. The summed E-state index contributed by atoms with van der Waals surface area (Å²) in [7, 11) is -3.18. The van der Waals surface area contributed by atoms with E-state index in [0.29, 0.717) is 0 Å². The van der Waals surface area contributed by atoms with Gasteiger partial charge in [-0.05, 0) is 0 Å². The third-order valence-corrected chi connectivity index (χ3v) is 1.58. The van der Waals surface area contributed by atoms with Gasteiger partial charge < -0.3 is 15.9 Å². The van der Waals surface area contributed by atoms with Crippen molar-refractivity contribution < 1.29 is 24.1 Å². The highest BCUT2D eigenvalue weighted by atomic mass is 31.1. The van der Waals surface area contributed by atoms with E-state index in [0.717, 1.165) is 0 Å². The first-order chi connectivity index (χ1) is 4.46. The van der Waals surface area contributed by atoms with Crippen LogP contribution in [0.3, 0.4) is 0 Å². The van der Waals surface area contributed by atoms with E-state index in [-0.39, 0.29) is 0 Å². The maximum atomic E-state index is 9.89. The normalized spacial score (nSPS) is 15.8. The van der Waals surface area contributed by atoms with E-state index in [1.807, 2.05) is 0 Å². The van der Waals surface area contributed by atoms with Gasteiger partial charge in [-0.25, -0.2) is 9.13 Å². The first-order valence-electron chi connectivity index (χ1n) is 2.26. The largest absolute Gasteiger partial charge is 0.480 e. The van der Waals surface area contributed by atoms with E-state index in [9.17, 15) is 13.9 Å². The molecule has 0 aliphatic carbocycles. The van der Waals surface area contributed by atoms with Gasteiger partial charge in [-0.2, -0.15) is 0 Å². The third kappa shape index (κ3) is 2.26. The molecule has 6 nitrogen and oxygen atoms in total. The highest BCUT2D eigenvalue weighted by Gasteiger charge is 2.26. The summed E-state index contributed by atoms with van der Waals surface area (Å²) in [5.41, 5.74) is 4.73. The standard InChI is InChI=1S/C3H6NO5P/c4-1(2(5)6)3(7)10(8)9/h1,3,7H,4H2,(H,5,6)/t1-,3?/m1/s1. The molecule has 2 atom stereocenters. The minimum Gasteiger partial charge on any atom is -0.480 e. The molecule has 0 aliphatic rings. The zero-order valence-corrected chi connectivity index (χ0v) is 5.69. The molecule has 0 saturated heterocycles. The molecule has 1 unspecified atom stereocenters. The molecule has 4 N–H and O–H groups in total. The number of hydrogen-bond acceptors (Lipinski definition) is 5. The molecule has 0 radical (unpaired) electrons. The topological polar surface area (TPSA) is 118 Å². The Balaban J connectivity index is 4.21. The lowest BCUT2D eigenvalue weighted by Crippen LogP contribution is -2.39. The number of carboxylic acid groups (broad SMARTS) is 1. The van der Waals surface area contributed by atoms with E-state index < -0.39 is 25.5 Å². The Kier molecular flexibility index (Phi) is 3.21. The Morgan fingerprint density at radius 3 is 2.00 bits per heavy atom. The van der Waals surface area contributed by atoms with Gasteiger partial charge in [0.1, 0.15) is 6.04 Å². The molecular formula is C3H6NO5P. The quantitative estimate of drug-likeness (QED) is 0.458. The Hall–Kier alpha value is -0.710. The molecule has 10 heavy (non-hydrogen) atoms. The maximum Gasteiger partial charge on any atom is 0.347 e. The number of hydrogen-bond donors (Lipinski definition) is 3. The fraction of sp³-hybridized carbons (Fsp3) is 0.667. The summed E-state index contributed by atoms with van der Waals surface area (Å²) >= 11 is 0. The molecule has 0 fully saturated rings. The Labute approximate surface area is 56.5 Å². The van der Waals surface area contributed by atoms with Crippen LogP contribution in [0.15, 0.2) is 0 Å². The van der Waals surface area contributed by atoms with Crippen molar-refractivity contribution >= 4 is 13.6 Å². The van der Waals surface area contributed by atoms with Crippen LogP contribution in [0, 0.1) is 0 Å². The first kappa shape index (κ1) is 9.29. The van der Waals surface area contributed by atoms with Gasteiger partial charge in [0.2, 0.25) is 0 Å². The number of carboxylic acids is 1. The summed E-state index contributed by atoms with van der Waals surface area (Å²) in [6, 6.07) is -1.76. The van der Waals surface area contributed by atoms with Crippen molar-refractivity contribution in [3.8, 4) is 0 Å². The van der Waals surface area contributed by atoms with Crippen molar-refractivity contribution in [1.82, 2.24) is 0 Å². The van der Waals surface area contributed by atoms with E-state index >= 15 is 0 Å². The minimum absolute atomic E-state index is 1.55. The predicted octanol–water partition coefficient (Wildman–Crippen LogP) is -1.11. The maximum absolute atomic E-state index is 9.89. The third-order valence-electron chi connectivity index (χ3n) is 0.822. The summed E-state index contributed by atoms with van der Waals surface area (Å²) in [5.74, 6) is -3.56. The van der Waals surface area contributed by atoms with Crippen molar-refractivity contribution in [1.29, 1.82) is 0 Å². The van der Waals surface area contributed by atoms with Gasteiger partial charge in [-0.3, -0.25) is 4.79 Å². The van der Waals surface area contributed by atoms with Gasteiger partial charge >= 0.3 is 13.6 Å². The van der Waals surface area contributed by atoms with Crippen LogP contribution >= 0.6 is 7.68 Å². The van der Waals surface area contributed by atoms with E-state index in [1.54, 1.807) is 0 Å². The highest BCUT2D eigenvalue weighted by molar-refractivity contribution is 7.31.